The SMILES string of the molecule is CCC1(Nc2c(F)cc([N+](=O)[O-])cc2F)CCC1. The molecule has 1 aliphatic carbocycles. The number of nitro benzene ring substituents is 1. The summed E-state index contributed by atoms with van der Waals surface area (Å²) in [5, 5.41) is 13.3. The van der Waals surface area contributed by atoms with E-state index in [1.165, 1.54) is 0 Å². The van der Waals surface area contributed by atoms with E-state index in [1.54, 1.807) is 0 Å². The van der Waals surface area contributed by atoms with E-state index in [1.807, 2.05) is 6.92 Å². The molecule has 0 bridgehead atoms. The molecule has 2 rings (SSSR count). The number of hydrogen-bond donors (Lipinski definition) is 1. The van der Waals surface area contributed by atoms with Crippen molar-refractivity contribution in [2.24, 2.45) is 0 Å². The molecule has 1 aromatic carbocycles. The second kappa shape index (κ2) is 4.51. The van der Waals surface area contributed by atoms with E-state index in [0.717, 1.165) is 37.8 Å². The minimum absolute atomic E-state index is 0.262. The molecule has 0 aliphatic heterocycles. The van der Waals surface area contributed by atoms with Gasteiger partial charge in [0, 0.05) is 5.54 Å². The van der Waals surface area contributed by atoms with Gasteiger partial charge in [-0.3, -0.25) is 10.1 Å². The van der Waals surface area contributed by atoms with Crippen LogP contribution < -0.4 is 5.32 Å². The van der Waals surface area contributed by atoms with E-state index in [0.29, 0.717) is 0 Å². The third-order valence-electron chi connectivity index (χ3n) is 3.62. The van der Waals surface area contributed by atoms with Gasteiger partial charge in [-0.2, -0.15) is 0 Å². The first kappa shape index (κ1) is 12.7. The smallest absolute Gasteiger partial charge is 0.275 e. The van der Waals surface area contributed by atoms with E-state index in [2.05, 4.69) is 5.32 Å². The Bertz CT molecular complexity index is 458. The van der Waals surface area contributed by atoms with Gasteiger partial charge in [-0.05, 0) is 25.7 Å². The quantitative estimate of drug-likeness (QED) is 0.661. The molecule has 6 heteroatoms. The molecule has 0 radical (unpaired) electrons. The van der Waals surface area contributed by atoms with Crippen LogP contribution >= 0.6 is 0 Å². The Hall–Kier alpha value is -1.72. The number of hydrogen-bond acceptors (Lipinski definition) is 3. The average molecular weight is 256 g/mol. The van der Waals surface area contributed by atoms with Gasteiger partial charge in [0.15, 0.2) is 11.6 Å². The van der Waals surface area contributed by atoms with Crippen LogP contribution in [0, 0.1) is 21.7 Å². The number of nitrogens with zero attached hydrogens (tertiary/aromatic N) is 1. The Balaban J connectivity index is 2.31. The van der Waals surface area contributed by atoms with Crippen LogP contribution in [0.2, 0.25) is 0 Å². The van der Waals surface area contributed by atoms with Gasteiger partial charge in [-0.15, -0.1) is 0 Å². The van der Waals surface area contributed by atoms with Crippen molar-refractivity contribution in [3.63, 3.8) is 0 Å². The second-order valence-corrected chi connectivity index (χ2v) is 4.65. The van der Waals surface area contributed by atoms with Crippen molar-refractivity contribution in [3.05, 3.63) is 33.9 Å². The van der Waals surface area contributed by atoms with Gasteiger partial charge in [0.25, 0.3) is 5.69 Å². The molecule has 1 fully saturated rings. The predicted octanol–water partition coefficient (Wildman–Crippen LogP) is 3.62. The molecule has 1 aliphatic rings. The Morgan fingerprint density at radius 2 is 1.94 bits per heavy atom. The van der Waals surface area contributed by atoms with Crippen LogP contribution in [0.1, 0.15) is 32.6 Å². The Labute approximate surface area is 103 Å². The minimum Gasteiger partial charge on any atom is -0.375 e. The van der Waals surface area contributed by atoms with Crippen molar-refractivity contribution in [2.45, 2.75) is 38.1 Å². The number of rotatable bonds is 4. The molecular formula is C12H14F2N2O2. The summed E-state index contributed by atoms with van der Waals surface area (Å²) in [4.78, 5) is 9.67. The second-order valence-electron chi connectivity index (χ2n) is 4.65. The monoisotopic (exact) mass is 256 g/mol. The minimum atomic E-state index is -0.915. The van der Waals surface area contributed by atoms with Crippen LogP contribution in [-0.4, -0.2) is 10.5 Å². The first-order chi connectivity index (χ1) is 8.47. The summed E-state index contributed by atoms with van der Waals surface area (Å²) in [6.45, 7) is 1.95. The highest BCUT2D eigenvalue weighted by Gasteiger charge is 2.36. The van der Waals surface area contributed by atoms with Crippen LogP contribution in [0.5, 0.6) is 0 Å². The molecule has 0 unspecified atom stereocenters. The van der Waals surface area contributed by atoms with Gasteiger partial charge in [-0.1, -0.05) is 6.92 Å². The molecule has 0 aromatic heterocycles. The van der Waals surface area contributed by atoms with Crippen LogP contribution in [0.3, 0.4) is 0 Å². The lowest BCUT2D eigenvalue weighted by Gasteiger charge is -2.43. The number of nitrogens with one attached hydrogen (secondary N) is 1. The molecule has 98 valence electrons. The Kier molecular flexibility index (Phi) is 3.19. The van der Waals surface area contributed by atoms with E-state index in [-0.39, 0.29) is 11.2 Å². The predicted molar refractivity (Wildman–Crippen MR) is 63.5 cm³/mol. The topological polar surface area (TPSA) is 55.2 Å². The molecule has 1 N–H and O–H groups in total. The summed E-state index contributed by atoms with van der Waals surface area (Å²) in [5.41, 5.74) is -1.10. The van der Waals surface area contributed by atoms with Crippen LogP contribution in [0.25, 0.3) is 0 Å². The van der Waals surface area contributed by atoms with Crippen LogP contribution in [-0.2, 0) is 0 Å². The molecule has 0 atom stereocenters. The summed E-state index contributed by atoms with van der Waals surface area (Å²) < 4.78 is 27.4. The zero-order valence-corrected chi connectivity index (χ0v) is 10.0. The van der Waals surface area contributed by atoms with Crippen molar-refractivity contribution < 1.29 is 13.7 Å². The standard InChI is InChI=1S/C12H14F2N2O2/c1-2-12(4-3-5-12)15-11-9(13)6-8(16(17)18)7-10(11)14/h6-7,15H,2-5H2,1H3. The van der Waals surface area contributed by atoms with E-state index in [4.69, 9.17) is 0 Å². The summed E-state index contributed by atoms with van der Waals surface area (Å²) >= 11 is 0. The normalized spacial score (nSPS) is 17.1. The van der Waals surface area contributed by atoms with Gasteiger partial charge < -0.3 is 5.32 Å². The van der Waals surface area contributed by atoms with Crippen LogP contribution in [0.4, 0.5) is 20.2 Å². The third kappa shape index (κ3) is 2.14. The fourth-order valence-corrected chi connectivity index (χ4v) is 2.22. The van der Waals surface area contributed by atoms with Gasteiger partial charge in [-0.25, -0.2) is 8.78 Å². The Morgan fingerprint density at radius 3 is 2.28 bits per heavy atom. The molecule has 4 nitrogen and oxygen atoms in total. The molecule has 0 heterocycles. The van der Waals surface area contributed by atoms with Gasteiger partial charge in [0.05, 0.1) is 17.1 Å². The first-order valence-electron chi connectivity index (χ1n) is 5.89. The fourth-order valence-electron chi connectivity index (χ4n) is 2.22. The highest BCUT2D eigenvalue weighted by atomic mass is 19.1. The number of non-ortho nitro benzene ring substituents is 1. The lowest BCUT2D eigenvalue weighted by atomic mass is 9.74. The van der Waals surface area contributed by atoms with Crippen molar-refractivity contribution in [3.8, 4) is 0 Å². The number of halogens is 2. The van der Waals surface area contributed by atoms with E-state index >= 15 is 0 Å². The molecule has 0 saturated heterocycles. The maximum atomic E-state index is 13.7. The van der Waals surface area contributed by atoms with Crippen molar-refractivity contribution in [2.75, 3.05) is 5.32 Å². The molecule has 18 heavy (non-hydrogen) atoms. The summed E-state index contributed by atoms with van der Waals surface area (Å²) in [5.74, 6) is -1.83. The van der Waals surface area contributed by atoms with E-state index in [9.17, 15) is 18.9 Å². The molecule has 1 aromatic rings. The van der Waals surface area contributed by atoms with Crippen LogP contribution in [0.15, 0.2) is 12.1 Å². The highest BCUT2D eigenvalue weighted by Crippen LogP contribution is 2.39. The van der Waals surface area contributed by atoms with Crippen molar-refractivity contribution >= 4 is 11.4 Å². The zero-order valence-electron chi connectivity index (χ0n) is 10.0. The molecule has 0 amide bonds. The maximum absolute atomic E-state index is 13.7. The Morgan fingerprint density at radius 1 is 1.39 bits per heavy atom. The lowest BCUT2D eigenvalue weighted by molar-refractivity contribution is -0.385. The maximum Gasteiger partial charge on any atom is 0.275 e. The first-order valence-corrected chi connectivity index (χ1v) is 5.89. The number of anilines is 1. The van der Waals surface area contributed by atoms with Crippen molar-refractivity contribution in [1.82, 2.24) is 0 Å². The van der Waals surface area contributed by atoms with E-state index < -0.39 is 22.2 Å². The van der Waals surface area contributed by atoms with Gasteiger partial charge in [0.2, 0.25) is 0 Å². The van der Waals surface area contributed by atoms with Gasteiger partial charge >= 0.3 is 0 Å². The third-order valence-corrected chi connectivity index (χ3v) is 3.62. The highest BCUT2D eigenvalue weighted by molar-refractivity contribution is 5.53. The van der Waals surface area contributed by atoms with Gasteiger partial charge in [0.1, 0.15) is 5.69 Å². The molecule has 0 spiro atoms. The molecular weight excluding hydrogens is 242 g/mol. The van der Waals surface area contributed by atoms with Crippen molar-refractivity contribution in [1.29, 1.82) is 0 Å². The summed E-state index contributed by atoms with van der Waals surface area (Å²) in [7, 11) is 0. The summed E-state index contributed by atoms with van der Waals surface area (Å²) in [6.07, 6.45) is 3.51. The number of benzene rings is 1. The number of nitro groups is 1. The lowest BCUT2D eigenvalue weighted by Crippen LogP contribution is -2.44. The molecule has 1 saturated carbocycles. The average Bonchev–Trinajstić information content (AvgIpc) is 2.26. The largest absolute Gasteiger partial charge is 0.375 e. The zero-order chi connectivity index (χ0) is 13.3. The fraction of sp³-hybridized carbons (Fsp3) is 0.500. The summed E-state index contributed by atoms with van der Waals surface area (Å²) in [6, 6.07) is 1.49.